The van der Waals surface area contributed by atoms with Crippen molar-refractivity contribution >= 4 is 15.9 Å². The molecule has 0 bridgehead atoms. The number of hydrogen-bond donors (Lipinski definition) is 1. The molecule has 2 heterocycles. The average Bonchev–Trinajstić information content (AvgIpc) is 2.78. The highest BCUT2D eigenvalue weighted by Gasteiger charge is 2.19. The van der Waals surface area contributed by atoms with Crippen LogP contribution in [0.4, 0.5) is 0 Å². The van der Waals surface area contributed by atoms with Crippen molar-refractivity contribution < 1.29 is 4.42 Å². The maximum atomic E-state index is 5.34. The summed E-state index contributed by atoms with van der Waals surface area (Å²) in [6, 6.07) is 4.14. The van der Waals surface area contributed by atoms with Gasteiger partial charge in [0.25, 0.3) is 0 Å². The molecule has 2 aromatic rings. The molecular weight excluding hydrogens is 292 g/mol. The SMILES string of the molecule is CCCNC(c1cnccc1C)c1ccoc1Br. The van der Waals surface area contributed by atoms with Gasteiger partial charge in [-0.25, -0.2) is 0 Å². The summed E-state index contributed by atoms with van der Waals surface area (Å²) >= 11 is 3.45. The lowest BCUT2D eigenvalue weighted by atomic mass is 9.99. The quantitative estimate of drug-likeness (QED) is 0.912. The van der Waals surface area contributed by atoms with Gasteiger partial charge in [0.2, 0.25) is 0 Å². The van der Waals surface area contributed by atoms with E-state index in [1.165, 1.54) is 11.1 Å². The average molecular weight is 309 g/mol. The Morgan fingerprint density at radius 1 is 1.39 bits per heavy atom. The van der Waals surface area contributed by atoms with Gasteiger partial charge in [0, 0.05) is 18.0 Å². The maximum absolute atomic E-state index is 5.34. The number of pyridine rings is 1. The molecule has 1 unspecified atom stereocenters. The van der Waals surface area contributed by atoms with Gasteiger partial charge in [-0.3, -0.25) is 4.98 Å². The number of rotatable bonds is 5. The third-order valence-corrected chi connectivity index (χ3v) is 3.59. The van der Waals surface area contributed by atoms with E-state index >= 15 is 0 Å². The van der Waals surface area contributed by atoms with Crippen LogP contribution in [0.3, 0.4) is 0 Å². The van der Waals surface area contributed by atoms with Crippen molar-refractivity contribution in [3.63, 3.8) is 0 Å². The van der Waals surface area contributed by atoms with Crippen LogP contribution in [0, 0.1) is 6.92 Å². The summed E-state index contributed by atoms with van der Waals surface area (Å²) in [7, 11) is 0. The van der Waals surface area contributed by atoms with Crippen LogP contribution in [0.25, 0.3) is 0 Å². The molecule has 0 spiro atoms. The summed E-state index contributed by atoms with van der Waals surface area (Å²) in [5, 5.41) is 3.54. The van der Waals surface area contributed by atoms with E-state index in [0.717, 1.165) is 23.2 Å². The lowest BCUT2D eigenvalue weighted by Crippen LogP contribution is -2.24. The zero-order chi connectivity index (χ0) is 13.0. The van der Waals surface area contributed by atoms with Gasteiger partial charge in [-0.05, 0) is 59.1 Å². The number of aromatic nitrogens is 1. The Labute approximate surface area is 116 Å². The molecule has 0 fully saturated rings. The number of nitrogens with one attached hydrogen (secondary N) is 1. The Balaban J connectivity index is 2.37. The standard InChI is InChI=1S/C14H17BrN2O/c1-3-6-17-13(11-5-8-18-14(11)15)12-9-16-7-4-10(12)2/h4-5,7-9,13,17H,3,6H2,1-2H3. The molecular formula is C14H17BrN2O. The predicted molar refractivity (Wildman–Crippen MR) is 75.5 cm³/mol. The second-order valence-electron chi connectivity index (χ2n) is 4.27. The van der Waals surface area contributed by atoms with E-state index < -0.39 is 0 Å². The van der Waals surface area contributed by atoms with Crippen molar-refractivity contribution in [3.05, 3.63) is 52.1 Å². The van der Waals surface area contributed by atoms with Crippen molar-refractivity contribution in [2.24, 2.45) is 0 Å². The van der Waals surface area contributed by atoms with Crippen molar-refractivity contribution in [1.29, 1.82) is 0 Å². The molecule has 96 valence electrons. The lowest BCUT2D eigenvalue weighted by molar-refractivity contribution is 0.523. The minimum Gasteiger partial charge on any atom is -0.457 e. The molecule has 2 aromatic heterocycles. The van der Waals surface area contributed by atoms with Crippen LogP contribution in [-0.2, 0) is 0 Å². The molecule has 0 saturated heterocycles. The molecule has 0 saturated carbocycles. The first-order chi connectivity index (χ1) is 8.74. The molecule has 0 aliphatic carbocycles. The first-order valence-corrected chi connectivity index (χ1v) is 6.90. The lowest BCUT2D eigenvalue weighted by Gasteiger charge is -2.19. The second-order valence-corrected chi connectivity index (χ2v) is 4.99. The summed E-state index contributed by atoms with van der Waals surface area (Å²) in [5.74, 6) is 0. The highest BCUT2D eigenvalue weighted by atomic mass is 79.9. The molecule has 4 heteroatoms. The normalized spacial score (nSPS) is 12.6. The molecule has 2 rings (SSSR count). The topological polar surface area (TPSA) is 38.1 Å². The zero-order valence-electron chi connectivity index (χ0n) is 10.6. The van der Waals surface area contributed by atoms with Gasteiger partial charge in [0.15, 0.2) is 4.67 Å². The third kappa shape index (κ3) is 2.82. The van der Waals surface area contributed by atoms with E-state index in [9.17, 15) is 0 Å². The van der Waals surface area contributed by atoms with E-state index in [4.69, 9.17) is 4.42 Å². The summed E-state index contributed by atoms with van der Waals surface area (Å²) < 4.78 is 6.12. The van der Waals surface area contributed by atoms with Gasteiger partial charge in [-0.15, -0.1) is 0 Å². The first kappa shape index (κ1) is 13.3. The van der Waals surface area contributed by atoms with Crippen LogP contribution in [-0.4, -0.2) is 11.5 Å². The maximum Gasteiger partial charge on any atom is 0.174 e. The van der Waals surface area contributed by atoms with Gasteiger partial charge < -0.3 is 9.73 Å². The number of furan rings is 1. The summed E-state index contributed by atoms with van der Waals surface area (Å²) in [4.78, 5) is 4.23. The summed E-state index contributed by atoms with van der Waals surface area (Å²) in [5.41, 5.74) is 3.53. The monoisotopic (exact) mass is 308 g/mol. The Morgan fingerprint density at radius 3 is 2.83 bits per heavy atom. The van der Waals surface area contributed by atoms with E-state index in [-0.39, 0.29) is 6.04 Å². The number of aryl methyl sites for hydroxylation is 1. The third-order valence-electron chi connectivity index (χ3n) is 2.95. The fourth-order valence-electron chi connectivity index (χ4n) is 1.96. The van der Waals surface area contributed by atoms with Crippen LogP contribution in [0.2, 0.25) is 0 Å². The number of halogens is 1. The van der Waals surface area contributed by atoms with E-state index in [0.29, 0.717) is 0 Å². The van der Waals surface area contributed by atoms with Gasteiger partial charge in [0.05, 0.1) is 12.3 Å². The fourth-order valence-corrected chi connectivity index (χ4v) is 2.43. The van der Waals surface area contributed by atoms with Crippen LogP contribution in [0.5, 0.6) is 0 Å². The molecule has 0 aromatic carbocycles. The molecule has 18 heavy (non-hydrogen) atoms. The highest BCUT2D eigenvalue weighted by Crippen LogP contribution is 2.30. The van der Waals surface area contributed by atoms with Crippen molar-refractivity contribution in [2.45, 2.75) is 26.3 Å². The van der Waals surface area contributed by atoms with Gasteiger partial charge in [0.1, 0.15) is 0 Å². The Hall–Kier alpha value is -1.13. The Kier molecular flexibility index (Phi) is 4.55. The minimum atomic E-state index is 0.117. The molecule has 0 amide bonds. The largest absolute Gasteiger partial charge is 0.457 e. The van der Waals surface area contributed by atoms with E-state index in [1.54, 1.807) is 6.26 Å². The van der Waals surface area contributed by atoms with Crippen LogP contribution < -0.4 is 5.32 Å². The van der Waals surface area contributed by atoms with Gasteiger partial charge in [-0.1, -0.05) is 6.92 Å². The molecule has 3 nitrogen and oxygen atoms in total. The van der Waals surface area contributed by atoms with E-state index in [1.807, 2.05) is 24.5 Å². The van der Waals surface area contributed by atoms with Crippen LogP contribution in [0.15, 0.2) is 39.9 Å². The first-order valence-electron chi connectivity index (χ1n) is 6.10. The Morgan fingerprint density at radius 2 is 2.22 bits per heavy atom. The molecule has 1 atom stereocenters. The summed E-state index contributed by atoms with van der Waals surface area (Å²) in [6.45, 7) is 5.22. The van der Waals surface area contributed by atoms with Crippen LogP contribution >= 0.6 is 15.9 Å². The zero-order valence-corrected chi connectivity index (χ0v) is 12.2. The van der Waals surface area contributed by atoms with Crippen molar-refractivity contribution in [2.75, 3.05) is 6.54 Å². The number of nitrogens with zero attached hydrogens (tertiary/aromatic N) is 1. The minimum absolute atomic E-state index is 0.117. The van der Waals surface area contributed by atoms with Gasteiger partial charge in [-0.2, -0.15) is 0 Å². The van der Waals surface area contributed by atoms with Gasteiger partial charge >= 0.3 is 0 Å². The van der Waals surface area contributed by atoms with Crippen molar-refractivity contribution in [1.82, 2.24) is 10.3 Å². The molecule has 0 aliphatic rings. The molecule has 0 aliphatic heterocycles. The van der Waals surface area contributed by atoms with Crippen molar-refractivity contribution in [3.8, 4) is 0 Å². The number of hydrogen-bond acceptors (Lipinski definition) is 3. The molecule has 0 radical (unpaired) electrons. The van der Waals surface area contributed by atoms with Crippen LogP contribution in [0.1, 0.15) is 36.1 Å². The highest BCUT2D eigenvalue weighted by molar-refractivity contribution is 9.10. The predicted octanol–water partition coefficient (Wildman–Crippen LogP) is 3.83. The summed E-state index contributed by atoms with van der Waals surface area (Å²) in [6.07, 6.45) is 6.53. The fraction of sp³-hybridized carbons (Fsp3) is 0.357. The Bertz CT molecular complexity index is 510. The smallest absolute Gasteiger partial charge is 0.174 e. The van der Waals surface area contributed by atoms with E-state index in [2.05, 4.69) is 40.1 Å². The second kappa shape index (κ2) is 6.16. The molecule has 1 N–H and O–H groups in total.